The molecule has 0 aliphatic heterocycles. The molecule has 0 bridgehead atoms. The maximum absolute atomic E-state index is 13.5. The van der Waals surface area contributed by atoms with Crippen LogP contribution >= 0.6 is 0 Å². The third-order valence-electron chi connectivity index (χ3n) is 6.85. The first-order chi connectivity index (χ1) is 20.9. The molecule has 0 spiro atoms. The lowest BCUT2D eigenvalue weighted by Gasteiger charge is -2.19. The summed E-state index contributed by atoms with van der Waals surface area (Å²) in [4.78, 5) is 50.7. The first kappa shape index (κ1) is 30.8. The van der Waals surface area contributed by atoms with Gasteiger partial charge < -0.3 is 25.4 Å². The number of rotatable bonds is 13. The topological polar surface area (TPSA) is 141 Å². The van der Waals surface area contributed by atoms with Crippen molar-refractivity contribution in [2.75, 3.05) is 19.0 Å². The van der Waals surface area contributed by atoms with Gasteiger partial charge in [0.05, 0.1) is 12.6 Å². The van der Waals surface area contributed by atoms with Crippen molar-refractivity contribution < 1.29 is 28.7 Å². The van der Waals surface area contributed by atoms with Gasteiger partial charge in [0, 0.05) is 31.1 Å². The lowest BCUT2D eigenvalue weighted by Crippen LogP contribution is -2.44. The van der Waals surface area contributed by atoms with Crippen molar-refractivity contribution in [1.82, 2.24) is 20.4 Å². The van der Waals surface area contributed by atoms with Crippen LogP contribution in [-0.2, 0) is 39.1 Å². The number of esters is 1. The smallest absolute Gasteiger partial charge is 0.407 e. The van der Waals surface area contributed by atoms with Crippen LogP contribution < -0.4 is 16.0 Å². The van der Waals surface area contributed by atoms with E-state index in [0.717, 1.165) is 16.6 Å². The number of hydrogen-bond donors (Lipinski definition) is 3. The van der Waals surface area contributed by atoms with Crippen molar-refractivity contribution in [3.8, 4) is 0 Å². The van der Waals surface area contributed by atoms with Crippen LogP contribution in [-0.4, -0.2) is 53.4 Å². The summed E-state index contributed by atoms with van der Waals surface area (Å²) in [5, 5.41) is 13.4. The summed E-state index contributed by atoms with van der Waals surface area (Å²) < 4.78 is 11.6. The largest absolute Gasteiger partial charge is 0.469 e. The number of carbonyl (C=O) groups is 4. The molecule has 0 aliphatic carbocycles. The molecule has 0 fully saturated rings. The molecule has 0 aliphatic rings. The third-order valence-corrected chi connectivity index (χ3v) is 6.85. The Kier molecular flexibility index (Phi) is 10.8. The molecule has 4 aromatic rings. The second kappa shape index (κ2) is 15.2. The minimum atomic E-state index is -0.941. The second-order valence-corrected chi connectivity index (χ2v) is 9.87. The molecule has 1 aromatic heterocycles. The standard InChI is InChI=1S/C32H35N5O6/c1-37-27-17-9-7-14-24(27)29(36-37)31(40)35-26(16-10-20-33-32(41)43-21-22-11-4-3-5-12-22)30(39)34-25-15-8-6-13-23(25)18-19-28(38)42-2/h3-9,11-15,17,26H,10,16,18-21H2,1-2H3,(H,33,41)(H,34,39)(H,35,40)/t26-/m0/s1. The summed E-state index contributed by atoms with van der Waals surface area (Å²) in [5.74, 6) is -1.29. The van der Waals surface area contributed by atoms with Crippen LogP contribution in [0.2, 0.25) is 0 Å². The van der Waals surface area contributed by atoms with Gasteiger partial charge in [0.1, 0.15) is 12.6 Å². The zero-order valence-electron chi connectivity index (χ0n) is 24.2. The van der Waals surface area contributed by atoms with Gasteiger partial charge in [-0.2, -0.15) is 5.10 Å². The number of nitrogens with zero attached hydrogens (tertiary/aromatic N) is 2. The fraction of sp³-hybridized carbons (Fsp3) is 0.281. The van der Waals surface area contributed by atoms with Crippen molar-refractivity contribution in [3.63, 3.8) is 0 Å². The van der Waals surface area contributed by atoms with E-state index < -0.39 is 23.9 Å². The summed E-state index contributed by atoms with van der Waals surface area (Å²) in [6, 6.07) is 22.9. The number of nitrogens with one attached hydrogen (secondary N) is 3. The molecular formula is C32H35N5O6. The molecule has 1 atom stereocenters. The van der Waals surface area contributed by atoms with Crippen LogP contribution in [0.15, 0.2) is 78.9 Å². The minimum absolute atomic E-state index is 0.140. The summed E-state index contributed by atoms with van der Waals surface area (Å²) in [6.45, 7) is 0.372. The number of amides is 3. The van der Waals surface area contributed by atoms with E-state index in [0.29, 0.717) is 23.9 Å². The Morgan fingerprint density at radius 3 is 2.44 bits per heavy atom. The molecule has 11 nitrogen and oxygen atoms in total. The van der Waals surface area contributed by atoms with Gasteiger partial charge in [-0.15, -0.1) is 0 Å². The average molecular weight is 586 g/mol. The number of hydrogen-bond acceptors (Lipinski definition) is 7. The van der Waals surface area contributed by atoms with Crippen LogP contribution in [0.1, 0.15) is 40.9 Å². The first-order valence-electron chi connectivity index (χ1n) is 14.0. The molecule has 3 N–H and O–H groups in total. The fourth-order valence-corrected chi connectivity index (χ4v) is 4.57. The zero-order chi connectivity index (χ0) is 30.6. The minimum Gasteiger partial charge on any atom is -0.469 e. The number of aromatic nitrogens is 2. The van der Waals surface area contributed by atoms with Gasteiger partial charge in [-0.1, -0.05) is 66.7 Å². The number of para-hydroxylation sites is 2. The SMILES string of the molecule is COC(=O)CCc1ccccc1NC(=O)[C@H](CCCNC(=O)OCc1ccccc1)NC(=O)c1nn(C)c2ccccc12. The van der Waals surface area contributed by atoms with E-state index in [2.05, 4.69) is 21.0 Å². The van der Waals surface area contributed by atoms with Crippen molar-refractivity contribution in [3.05, 3.63) is 95.7 Å². The highest BCUT2D eigenvalue weighted by molar-refractivity contribution is 6.07. The van der Waals surface area contributed by atoms with E-state index in [9.17, 15) is 19.2 Å². The van der Waals surface area contributed by atoms with Gasteiger partial charge in [-0.05, 0) is 42.5 Å². The summed E-state index contributed by atoms with van der Waals surface area (Å²) in [5.41, 5.74) is 3.14. The maximum atomic E-state index is 13.5. The normalized spacial score (nSPS) is 11.4. The predicted octanol–water partition coefficient (Wildman–Crippen LogP) is 4.12. The maximum Gasteiger partial charge on any atom is 0.407 e. The van der Waals surface area contributed by atoms with Crippen LogP contribution in [0.5, 0.6) is 0 Å². The number of ether oxygens (including phenoxy) is 2. The Morgan fingerprint density at radius 1 is 0.930 bits per heavy atom. The molecule has 224 valence electrons. The summed E-state index contributed by atoms with van der Waals surface area (Å²) in [7, 11) is 3.07. The Morgan fingerprint density at radius 2 is 1.65 bits per heavy atom. The number of aryl methyl sites for hydroxylation is 2. The van der Waals surface area contributed by atoms with E-state index in [1.54, 1.807) is 29.9 Å². The van der Waals surface area contributed by atoms with Crippen molar-refractivity contribution in [1.29, 1.82) is 0 Å². The van der Waals surface area contributed by atoms with Crippen LogP contribution in [0.4, 0.5) is 10.5 Å². The highest BCUT2D eigenvalue weighted by atomic mass is 16.5. The number of fused-ring (bicyclic) bond motifs is 1. The van der Waals surface area contributed by atoms with Crippen LogP contribution in [0, 0.1) is 0 Å². The quantitative estimate of drug-likeness (QED) is 0.158. The molecule has 0 unspecified atom stereocenters. The van der Waals surface area contributed by atoms with Crippen LogP contribution in [0.3, 0.4) is 0 Å². The van der Waals surface area contributed by atoms with E-state index in [1.807, 2.05) is 60.7 Å². The molecule has 43 heavy (non-hydrogen) atoms. The van der Waals surface area contributed by atoms with Crippen molar-refractivity contribution >= 4 is 40.5 Å². The summed E-state index contributed by atoms with van der Waals surface area (Å²) in [6.07, 6.45) is 0.558. The van der Waals surface area contributed by atoms with Gasteiger partial charge in [-0.25, -0.2) is 4.79 Å². The van der Waals surface area contributed by atoms with Crippen molar-refractivity contribution in [2.45, 2.75) is 38.3 Å². The number of alkyl carbamates (subject to hydrolysis) is 1. The highest BCUT2D eigenvalue weighted by Gasteiger charge is 2.25. The van der Waals surface area contributed by atoms with E-state index in [-0.39, 0.29) is 37.7 Å². The number of benzene rings is 3. The number of carbonyl (C=O) groups excluding carboxylic acids is 4. The molecule has 0 saturated carbocycles. The van der Waals surface area contributed by atoms with E-state index >= 15 is 0 Å². The average Bonchev–Trinajstić information content (AvgIpc) is 3.37. The first-order valence-corrected chi connectivity index (χ1v) is 14.0. The highest BCUT2D eigenvalue weighted by Crippen LogP contribution is 2.20. The Hall–Kier alpha value is -5.19. The Bertz CT molecular complexity index is 1570. The number of methoxy groups -OCH3 is 1. The molecule has 3 amide bonds. The lowest BCUT2D eigenvalue weighted by molar-refractivity contribution is -0.140. The Labute approximate surface area is 249 Å². The molecule has 3 aromatic carbocycles. The molecule has 1 heterocycles. The molecule has 0 radical (unpaired) electrons. The fourth-order valence-electron chi connectivity index (χ4n) is 4.57. The van der Waals surface area contributed by atoms with E-state index in [1.165, 1.54) is 7.11 Å². The van der Waals surface area contributed by atoms with Gasteiger partial charge in [0.15, 0.2) is 5.69 Å². The molecule has 11 heteroatoms. The Balaban J connectivity index is 1.42. The second-order valence-electron chi connectivity index (χ2n) is 9.87. The van der Waals surface area contributed by atoms with E-state index in [4.69, 9.17) is 9.47 Å². The predicted molar refractivity (Wildman–Crippen MR) is 161 cm³/mol. The van der Waals surface area contributed by atoms with Gasteiger partial charge >= 0.3 is 12.1 Å². The molecular weight excluding hydrogens is 550 g/mol. The van der Waals surface area contributed by atoms with Gasteiger partial charge in [0.2, 0.25) is 5.91 Å². The summed E-state index contributed by atoms with van der Waals surface area (Å²) >= 11 is 0. The molecule has 4 rings (SSSR count). The van der Waals surface area contributed by atoms with Gasteiger partial charge in [0.25, 0.3) is 5.91 Å². The van der Waals surface area contributed by atoms with Crippen LogP contribution in [0.25, 0.3) is 10.9 Å². The molecule has 0 saturated heterocycles. The third kappa shape index (κ3) is 8.65. The number of anilines is 1. The lowest BCUT2D eigenvalue weighted by atomic mass is 10.1. The monoisotopic (exact) mass is 585 g/mol. The van der Waals surface area contributed by atoms with Crippen molar-refractivity contribution in [2.24, 2.45) is 7.05 Å². The van der Waals surface area contributed by atoms with Gasteiger partial charge in [-0.3, -0.25) is 19.1 Å². The zero-order valence-corrected chi connectivity index (χ0v) is 24.2.